The van der Waals surface area contributed by atoms with Crippen molar-refractivity contribution >= 4 is 27.3 Å². The van der Waals surface area contributed by atoms with E-state index < -0.39 is 16.4 Å². The predicted molar refractivity (Wildman–Crippen MR) is 90.7 cm³/mol. The van der Waals surface area contributed by atoms with Crippen LogP contribution in [0.15, 0.2) is 16.3 Å². The molecule has 1 amide bonds. The molecule has 0 radical (unpaired) electrons. The highest BCUT2D eigenvalue weighted by atomic mass is 32.2. The van der Waals surface area contributed by atoms with Crippen LogP contribution in [-0.4, -0.2) is 80.7 Å². The summed E-state index contributed by atoms with van der Waals surface area (Å²) in [6.07, 6.45) is -0.728. The van der Waals surface area contributed by atoms with E-state index in [9.17, 15) is 22.0 Å². The van der Waals surface area contributed by atoms with Crippen molar-refractivity contribution in [1.82, 2.24) is 14.1 Å². The number of piperazine rings is 1. The van der Waals surface area contributed by atoms with Gasteiger partial charge in [0.25, 0.3) is 12.3 Å². The Kier molecular flexibility index (Phi) is 5.71. The van der Waals surface area contributed by atoms with E-state index in [4.69, 9.17) is 0 Å². The largest absolute Gasteiger partial charge is 0.335 e. The van der Waals surface area contributed by atoms with Crippen LogP contribution in [0.4, 0.5) is 8.78 Å². The zero-order valence-corrected chi connectivity index (χ0v) is 15.4. The SMILES string of the molecule is O=C(c1sccc1S(=O)(=O)N1CCCC1)N1CCN(CC(F)F)CC1. The average Bonchev–Trinajstić information content (AvgIpc) is 3.26. The molecule has 0 N–H and O–H groups in total. The minimum atomic E-state index is -3.65. The normalized spacial score (nSPS) is 20.5. The van der Waals surface area contributed by atoms with E-state index in [2.05, 4.69) is 0 Å². The fourth-order valence-electron chi connectivity index (χ4n) is 3.20. The zero-order valence-electron chi connectivity index (χ0n) is 13.7. The molecule has 1 aromatic rings. The van der Waals surface area contributed by atoms with E-state index in [1.54, 1.807) is 15.2 Å². The second-order valence-electron chi connectivity index (χ2n) is 6.21. The Hall–Kier alpha value is -1.10. The third kappa shape index (κ3) is 4.02. The molecule has 0 aromatic carbocycles. The van der Waals surface area contributed by atoms with Gasteiger partial charge in [0.1, 0.15) is 9.77 Å². The summed E-state index contributed by atoms with van der Waals surface area (Å²) in [5, 5.41) is 1.61. The van der Waals surface area contributed by atoms with Crippen molar-refractivity contribution in [1.29, 1.82) is 0 Å². The van der Waals surface area contributed by atoms with Crippen LogP contribution in [0.5, 0.6) is 0 Å². The lowest BCUT2D eigenvalue weighted by Gasteiger charge is -2.34. The average molecular weight is 393 g/mol. The van der Waals surface area contributed by atoms with Crippen LogP contribution in [-0.2, 0) is 10.0 Å². The van der Waals surface area contributed by atoms with Crippen molar-refractivity contribution in [2.75, 3.05) is 45.8 Å². The summed E-state index contributed by atoms with van der Waals surface area (Å²) in [5.41, 5.74) is 0. The van der Waals surface area contributed by atoms with Crippen LogP contribution < -0.4 is 0 Å². The molecule has 3 heterocycles. The smallest absolute Gasteiger partial charge is 0.265 e. The summed E-state index contributed by atoms with van der Waals surface area (Å²) in [4.78, 5) is 16.2. The molecule has 3 rings (SSSR count). The first-order chi connectivity index (χ1) is 11.9. The Morgan fingerprint density at radius 1 is 1.12 bits per heavy atom. The van der Waals surface area contributed by atoms with Crippen LogP contribution in [0.3, 0.4) is 0 Å². The highest BCUT2D eigenvalue weighted by molar-refractivity contribution is 7.89. The van der Waals surface area contributed by atoms with Gasteiger partial charge in [0.05, 0.1) is 6.54 Å². The summed E-state index contributed by atoms with van der Waals surface area (Å²) in [6.45, 7) is 2.07. The molecule has 1 aromatic heterocycles. The van der Waals surface area contributed by atoms with Crippen molar-refractivity contribution in [3.8, 4) is 0 Å². The van der Waals surface area contributed by atoms with Crippen molar-refractivity contribution < 1.29 is 22.0 Å². The lowest BCUT2D eigenvalue weighted by molar-refractivity contribution is 0.0459. The first-order valence-corrected chi connectivity index (χ1v) is 10.6. The lowest BCUT2D eigenvalue weighted by atomic mass is 10.3. The molecule has 2 fully saturated rings. The van der Waals surface area contributed by atoms with E-state index in [1.165, 1.54) is 10.4 Å². The highest BCUT2D eigenvalue weighted by Crippen LogP contribution is 2.29. The second-order valence-corrected chi connectivity index (χ2v) is 9.03. The monoisotopic (exact) mass is 393 g/mol. The minimum absolute atomic E-state index is 0.0689. The van der Waals surface area contributed by atoms with Crippen LogP contribution in [0.2, 0.25) is 0 Å². The summed E-state index contributed by atoms with van der Waals surface area (Å²) < 4.78 is 51.8. The number of amides is 1. The van der Waals surface area contributed by atoms with E-state index in [1.807, 2.05) is 0 Å². The maximum Gasteiger partial charge on any atom is 0.265 e. The molecule has 0 saturated carbocycles. The number of carbonyl (C=O) groups is 1. The number of carbonyl (C=O) groups excluding carboxylic acids is 1. The number of hydrogen-bond acceptors (Lipinski definition) is 5. The summed E-state index contributed by atoms with van der Waals surface area (Å²) in [5.74, 6) is -0.329. The number of alkyl halides is 2. The van der Waals surface area contributed by atoms with Gasteiger partial charge in [-0.25, -0.2) is 17.2 Å². The molecule has 2 aliphatic heterocycles. The fraction of sp³-hybridized carbons (Fsp3) is 0.667. The number of sulfonamides is 1. The van der Waals surface area contributed by atoms with Gasteiger partial charge in [-0.2, -0.15) is 4.31 Å². The number of thiophene rings is 1. The Morgan fingerprint density at radius 2 is 1.76 bits per heavy atom. The topological polar surface area (TPSA) is 60.9 Å². The number of halogens is 2. The molecule has 6 nitrogen and oxygen atoms in total. The predicted octanol–water partition coefficient (Wildman–Crippen LogP) is 1.56. The Balaban J connectivity index is 1.71. The van der Waals surface area contributed by atoms with Crippen molar-refractivity contribution in [2.45, 2.75) is 24.2 Å². The Labute approximate surface area is 150 Å². The molecule has 0 atom stereocenters. The molecular formula is C15H21F2N3O3S2. The van der Waals surface area contributed by atoms with E-state index in [-0.39, 0.29) is 22.2 Å². The molecule has 0 spiro atoms. The number of hydrogen-bond donors (Lipinski definition) is 0. The Bertz CT molecular complexity index is 709. The van der Waals surface area contributed by atoms with Gasteiger partial charge in [-0.05, 0) is 24.3 Å². The highest BCUT2D eigenvalue weighted by Gasteiger charge is 2.34. The summed E-state index contributed by atoms with van der Waals surface area (Å²) in [6, 6.07) is 1.48. The van der Waals surface area contributed by atoms with Gasteiger partial charge in [-0.1, -0.05) is 0 Å². The standard InChI is InChI=1S/C15H21F2N3O3S2/c16-13(17)11-18-6-8-19(9-7-18)15(21)14-12(3-10-24-14)25(22,23)20-4-1-2-5-20/h3,10,13H,1-2,4-9,11H2. The van der Waals surface area contributed by atoms with Crippen molar-refractivity contribution in [3.63, 3.8) is 0 Å². The van der Waals surface area contributed by atoms with E-state index in [0.717, 1.165) is 24.2 Å². The quantitative estimate of drug-likeness (QED) is 0.762. The number of rotatable bonds is 5. The van der Waals surface area contributed by atoms with Crippen molar-refractivity contribution in [3.05, 3.63) is 16.3 Å². The molecule has 2 saturated heterocycles. The summed E-state index contributed by atoms with van der Waals surface area (Å²) in [7, 11) is -3.65. The third-order valence-electron chi connectivity index (χ3n) is 4.56. The van der Waals surface area contributed by atoms with Gasteiger partial charge < -0.3 is 4.90 Å². The second kappa shape index (κ2) is 7.65. The van der Waals surface area contributed by atoms with Crippen molar-refractivity contribution in [2.24, 2.45) is 0 Å². The van der Waals surface area contributed by atoms with Crippen LogP contribution in [0.1, 0.15) is 22.5 Å². The van der Waals surface area contributed by atoms with Gasteiger partial charge in [-0.3, -0.25) is 9.69 Å². The first kappa shape index (κ1) is 18.7. The molecule has 0 aliphatic carbocycles. The maximum absolute atomic E-state index is 12.8. The van der Waals surface area contributed by atoms with Crippen LogP contribution in [0, 0.1) is 0 Å². The molecule has 140 valence electrons. The minimum Gasteiger partial charge on any atom is -0.335 e. The fourth-order valence-corrected chi connectivity index (χ4v) is 6.08. The number of nitrogens with zero attached hydrogens (tertiary/aromatic N) is 3. The van der Waals surface area contributed by atoms with Gasteiger partial charge >= 0.3 is 0 Å². The van der Waals surface area contributed by atoms with E-state index in [0.29, 0.717) is 39.3 Å². The molecule has 0 bridgehead atoms. The van der Waals surface area contributed by atoms with Crippen LogP contribution >= 0.6 is 11.3 Å². The first-order valence-electron chi connectivity index (χ1n) is 8.27. The van der Waals surface area contributed by atoms with Gasteiger partial charge in [0.15, 0.2) is 0 Å². The molecule has 0 unspecified atom stereocenters. The maximum atomic E-state index is 12.8. The molecular weight excluding hydrogens is 372 g/mol. The van der Waals surface area contributed by atoms with Gasteiger partial charge in [0, 0.05) is 39.3 Å². The summed E-state index contributed by atoms with van der Waals surface area (Å²) >= 11 is 1.12. The molecule has 10 heteroatoms. The molecule has 25 heavy (non-hydrogen) atoms. The van der Waals surface area contributed by atoms with E-state index >= 15 is 0 Å². The van der Waals surface area contributed by atoms with Gasteiger partial charge in [-0.15, -0.1) is 11.3 Å². The van der Waals surface area contributed by atoms with Crippen LogP contribution in [0.25, 0.3) is 0 Å². The molecule has 2 aliphatic rings. The zero-order chi connectivity index (χ0) is 18.0. The van der Waals surface area contributed by atoms with Gasteiger partial charge in [0.2, 0.25) is 10.0 Å². The lowest BCUT2D eigenvalue weighted by Crippen LogP contribution is -2.49. The Morgan fingerprint density at radius 3 is 2.36 bits per heavy atom. The third-order valence-corrected chi connectivity index (χ3v) is 7.53.